The number of para-hydroxylation sites is 1. The smallest absolute Gasteiger partial charge is 0.223 e. The van der Waals surface area contributed by atoms with Crippen LogP contribution in [0.15, 0.2) is 40.8 Å². The third-order valence-corrected chi connectivity index (χ3v) is 3.21. The predicted molar refractivity (Wildman–Crippen MR) is 76.3 cm³/mol. The lowest BCUT2D eigenvalue weighted by atomic mass is 10.1. The van der Waals surface area contributed by atoms with Gasteiger partial charge < -0.3 is 14.4 Å². The molecule has 0 aliphatic heterocycles. The van der Waals surface area contributed by atoms with Gasteiger partial charge in [-0.05, 0) is 37.1 Å². The number of hydrogen-bond donors (Lipinski definition) is 1. The fraction of sp³-hybridized carbons (Fsp3) is 0.312. The van der Waals surface area contributed by atoms with Crippen molar-refractivity contribution in [3.05, 3.63) is 53.5 Å². The Morgan fingerprint density at radius 2 is 2.00 bits per heavy atom. The lowest BCUT2D eigenvalue weighted by molar-refractivity contribution is -0.130. The van der Waals surface area contributed by atoms with Crippen molar-refractivity contribution >= 4 is 5.91 Å². The number of nitrogens with zero attached hydrogens (tertiary/aromatic N) is 1. The molecule has 2 rings (SSSR count). The summed E-state index contributed by atoms with van der Waals surface area (Å²) in [6.45, 7) is 2.34. The highest BCUT2D eigenvalue weighted by atomic mass is 16.3. The number of aryl methyl sites for hydroxylation is 2. The number of carbonyl (C=O) groups is 1. The summed E-state index contributed by atoms with van der Waals surface area (Å²) in [6, 6.07) is 10.9. The molecule has 0 radical (unpaired) electrons. The number of amides is 1. The van der Waals surface area contributed by atoms with Crippen molar-refractivity contribution in [3.8, 4) is 5.75 Å². The zero-order chi connectivity index (χ0) is 14.5. The van der Waals surface area contributed by atoms with Gasteiger partial charge in [-0.1, -0.05) is 18.2 Å². The fourth-order valence-electron chi connectivity index (χ4n) is 2.05. The van der Waals surface area contributed by atoms with E-state index in [1.807, 2.05) is 31.2 Å². The zero-order valence-corrected chi connectivity index (χ0v) is 11.8. The minimum Gasteiger partial charge on any atom is -0.508 e. The van der Waals surface area contributed by atoms with Gasteiger partial charge in [-0.3, -0.25) is 4.79 Å². The third-order valence-electron chi connectivity index (χ3n) is 3.21. The molecule has 20 heavy (non-hydrogen) atoms. The predicted octanol–water partition coefficient (Wildman–Crippen LogP) is 2.88. The van der Waals surface area contributed by atoms with Crippen LogP contribution in [-0.4, -0.2) is 23.0 Å². The van der Waals surface area contributed by atoms with Gasteiger partial charge in [0.15, 0.2) is 0 Å². The molecular formula is C16H19NO3. The number of phenolic OH excluding ortho intramolecular Hbond substituents is 1. The molecular weight excluding hydrogens is 254 g/mol. The minimum atomic E-state index is 0.0299. The number of benzene rings is 1. The molecule has 106 valence electrons. The molecule has 1 aromatic heterocycles. The van der Waals surface area contributed by atoms with Crippen LogP contribution in [0.5, 0.6) is 5.75 Å². The van der Waals surface area contributed by atoms with Crippen molar-refractivity contribution in [2.75, 3.05) is 7.05 Å². The number of hydrogen-bond acceptors (Lipinski definition) is 3. The number of aromatic hydroxyl groups is 1. The summed E-state index contributed by atoms with van der Waals surface area (Å²) in [5.41, 5.74) is 0.795. The molecule has 0 aliphatic rings. The van der Waals surface area contributed by atoms with Gasteiger partial charge >= 0.3 is 0 Å². The number of furan rings is 1. The first-order valence-electron chi connectivity index (χ1n) is 6.62. The highest BCUT2D eigenvalue weighted by molar-refractivity contribution is 5.76. The first kappa shape index (κ1) is 14.2. The topological polar surface area (TPSA) is 53.7 Å². The Labute approximate surface area is 118 Å². The van der Waals surface area contributed by atoms with Crippen molar-refractivity contribution in [1.29, 1.82) is 0 Å². The molecule has 0 aliphatic carbocycles. The molecule has 4 heteroatoms. The average molecular weight is 273 g/mol. The molecule has 0 unspecified atom stereocenters. The maximum Gasteiger partial charge on any atom is 0.223 e. The van der Waals surface area contributed by atoms with E-state index >= 15 is 0 Å². The van der Waals surface area contributed by atoms with Crippen LogP contribution < -0.4 is 0 Å². The van der Waals surface area contributed by atoms with E-state index in [0.29, 0.717) is 19.4 Å². The molecule has 0 bridgehead atoms. The Morgan fingerprint density at radius 3 is 2.65 bits per heavy atom. The number of rotatable bonds is 5. The Kier molecular flexibility index (Phi) is 4.45. The van der Waals surface area contributed by atoms with Crippen LogP contribution in [-0.2, 0) is 17.8 Å². The van der Waals surface area contributed by atoms with Gasteiger partial charge in [0.25, 0.3) is 0 Å². The van der Waals surface area contributed by atoms with E-state index < -0.39 is 0 Å². The van der Waals surface area contributed by atoms with Gasteiger partial charge in [0, 0.05) is 13.5 Å². The van der Waals surface area contributed by atoms with E-state index in [1.165, 1.54) is 0 Å². The summed E-state index contributed by atoms with van der Waals surface area (Å²) in [6.07, 6.45) is 0.904. The Bertz CT molecular complexity index is 589. The van der Waals surface area contributed by atoms with Crippen molar-refractivity contribution in [1.82, 2.24) is 4.90 Å². The van der Waals surface area contributed by atoms with Gasteiger partial charge in [-0.15, -0.1) is 0 Å². The number of phenols is 1. The molecule has 1 amide bonds. The van der Waals surface area contributed by atoms with E-state index in [9.17, 15) is 9.90 Å². The molecule has 1 N–H and O–H groups in total. The standard InChI is InChI=1S/C16H19NO3/c1-12-7-9-14(20-12)11-17(2)16(19)10-8-13-5-3-4-6-15(13)18/h3-7,9,18H,8,10-11H2,1-2H3. The maximum absolute atomic E-state index is 12.0. The normalized spacial score (nSPS) is 10.5. The molecule has 0 saturated heterocycles. The summed E-state index contributed by atoms with van der Waals surface area (Å²) in [5.74, 6) is 1.89. The van der Waals surface area contributed by atoms with Gasteiger partial charge in [0.05, 0.1) is 6.54 Å². The van der Waals surface area contributed by atoms with E-state index in [0.717, 1.165) is 17.1 Å². The van der Waals surface area contributed by atoms with Crippen LogP contribution >= 0.6 is 0 Å². The quantitative estimate of drug-likeness (QED) is 0.911. The molecule has 0 spiro atoms. The molecule has 0 fully saturated rings. The molecule has 1 heterocycles. The fourth-order valence-corrected chi connectivity index (χ4v) is 2.05. The molecule has 4 nitrogen and oxygen atoms in total. The van der Waals surface area contributed by atoms with Crippen LogP contribution in [0.2, 0.25) is 0 Å². The Hall–Kier alpha value is -2.23. The molecule has 0 saturated carbocycles. The van der Waals surface area contributed by atoms with Gasteiger partial charge in [0.1, 0.15) is 17.3 Å². The van der Waals surface area contributed by atoms with E-state index in [4.69, 9.17) is 4.42 Å². The summed E-state index contributed by atoms with van der Waals surface area (Å²) in [4.78, 5) is 13.7. The van der Waals surface area contributed by atoms with Crippen molar-refractivity contribution in [2.24, 2.45) is 0 Å². The highest BCUT2D eigenvalue weighted by Crippen LogP contribution is 2.18. The summed E-state index contributed by atoms with van der Waals surface area (Å²) in [5, 5.41) is 9.66. The van der Waals surface area contributed by atoms with Crippen LogP contribution in [0.25, 0.3) is 0 Å². The van der Waals surface area contributed by atoms with E-state index in [1.54, 1.807) is 24.1 Å². The van der Waals surface area contributed by atoms with Gasteiger partial charge in [0.2, 0.25) is 5.91 Å². The van der Waals surface area contributed by atoms with Gasteiger partial charge in [-0.2, -0.15) is 0 Å². The van der Waals surface area contributed by atoms with E-state index in [2.05, 4.69) is 0 Å². The second-order valence-electron chi connectivity index (χ2n) is 4.89. The van der Waals surface area contributed by atoms with Crippen LogP contribution in [0.1, 0.15) is 23.5 Å². The third kappa shape index (κ3) is 3.63. The highest BCUT2D eigenvalue weighted by Gasteiger charge is 2.12. The van der Waals surface area contributed by atoms with Crippen molar-refractivity contribution in [3.63, 3.8) is 0 Å². The molecule has 2 aromatic rings. The summed E-state index contributed by atoms with van der Waals surface area (Å²) >= 11 is 0. The minimum absolute atomic E-state index is 0.0299. The first-order chi connectivity index (χ1) is 9.56. The van der Waals surface area contributed by atoms with Crippen LogP contribution in [0.4, 0.5) is 0 Å². The first-order valence-corrected chi connectivity index (χ1v) is 6.62. The van der Waals surface area contributed by atoms with Crippen LogP contribution in [0.3, 0.4) is 0 Å². The largest absolute Gasteiger partial charge is 0.508 e. The van der Waals surface area contributed by atoms with Gasteiger partial charge in [-0.25, -0.2) is 0 Å². The van der Waals surface area contributed by atoms with E-state index in [-0.39, 0.29) is 11.7 Å². The van der Waals surface area contributed by atoms with Crippen LogP contribution in [0, 0.1) is 6.92 Å². The SMILES string of the molecule is Cc1ccc(CN(C)C(=O)CCc2ccccc2O)o1. The second-order valence-corrected chi connectivity index (χ2v) is 4.89. The Morgan fingerprint density at radius 1 is 1.25 bits per heavy atom. The maximum atomic E-state index is 12.0. The molecule has 0 atom stereocenters. The number of carbonyl (C=O) groups excluding carboxylic acids is 1. The van der Waals surface area contributed by atoms with Crippen molar-refractivity contribution < 1.29 is 14.3 Å². The average Bonchev–Trinajstić information content (AvgIpc) is 2.82. The summed E-state index contributed by atoms with van der Waals surface area (Å²) < 4.78 is 5.45. The monoisotopic (exact) mass is 273 g/mol. The Balaban J connectivity index is 1.87. The molecule has 1 aromatic carbocycles. The van der Waals surface area contributed by atoms with Crippen molar-refractivity contribution in [2.45, 2.75) is 26.3 Å². The lowest BCUT2D eigenvalue weighted by Gasteiger charge is -2.15. The summed E-state index contributed by atoms with van der Waals surface area (Å²) in [7, 11) is 1.75. The lowest BCUT2D eigenvalue weighted by Crippen LogP contribution is -2.26. The second kappa shape index (κ2) is 6.28. The zero-order valence-electron chi connectivity index (χ0n) is 11.8.